The van der Waals surface area contributed by atoms with E-state index in [4.69, 9.17) is 0 Å². The van der Waals surface area contributed by atoms with Crippen molar-refractivity contribution in [3.63, 3.8) is 0 Å². The molecule has 1 amide bonds. The van der Waals surface area contributed by atoms with E-state index >= 15 is 0 Å². The first-order chi connectivity index (χ1) is 14.4. The van der Waals surface area contributed by atoms with Gasteiger partial charge in [-0.25, -0.2) is 8.42 Å². The van der Waals surface area contributed by atoms with Crippen LogP contribution in [0.25, 0.3) is 0 Å². The largest absolute Gasteiger partial charge is 0.378 e. The van der Waals surface area contributed by atoms with Gasteiger partial charge in [0.05, 0.1) is 0 Å². The van der Waals surface area contributed by atoms with Gasteiger partial charge in [-0.15, -0.1) is 11.3 Å². The maximum absolute atomic E-state index is 13.3. The highest BCUT2D eigenvalue weighted by Crippen LogP contribution is 2.30. The molecule has 6 nitrogen and oxygen atoms in total. The van der Waals surface area contributed by atoms with Crippen molar-refractivity contribution in [3.05, 3.63) is 76.0 Å². The molecular formula is C22H23N3O3S2. The zero-order valence-electron chi connectivity index (χ0n) is 16.8. The van der Waals surface area contributed by atoms with Crippen LogP contribution in [0.15, 0.2) is 64.9 Å². The normalized spacial score (nSPS) is 14.2. The predicted molar refractivity (Wildman–Crippen MR) is 121 cm³/mol. The van der Waals surface area contributed by atoms with Gasteiger partial charge in [0.2, 0.25) is 10.0 Å². The smallest absolute Gasteiger partial charge is 0.267 e. The monoisotopic (exact) mass is 441 g/mol. The molecule has 1 N–H and O–H groups in total. The summed E-state index contributed by atoms with van der Waals surface area (Å²) in [6, 6.07) is 16.8. The zero-order valence-corrected chi connectivity index (χ0v) is 18.5. The SMILES string of the molecule is CN(C)c1ccc(NC(=O)c2sccc2S(=O)(=O)N2CCc3ccccc3C2)cc1. The lowest BCUT2D eigenvalue weighted by atomic mass is 10.0. The standard InChI is InChI=1S/C22H23N3O3S2/c1-24(2)19-9-7-18(8-10-19)23-22(26)21-20(12-14-29-21)30(27,28)25-13-11-16-5-3-4-6-17(16)15-25/h3-10,12,14H,11,13,15H2,1-2H3,(H,23,26). The molecule has 4 rings (SSSR count). The molecule has 2 heterocycles. The number of sulfonamides is 1. The quantitative estimate of drug-likeness (QED) is 0.654. The number of rotatable bonds is 5. The van der Waals surface area contributed by atoms with Crippen LogP contribution < -0.4 is 10.2 Å². The summed E-state index contributed by atoms with van der Waals surface area (Å²) < 4.78 is 28.1. The fraction of sp³-hybridized carbons (Fsp3) is 0.227. The van der Waals surface area contributed by atoms with Crippen LogP contribution in [0.5, 0.6) is 0 Å². The van der Waals surface area contributed by atoms with Crippen molar-refractivity contribution in [2.75, 3.05) is 30.9 Å². The summed E-state index contributed by atoms with van der Waals surface area (Å²) in [5.74, 6) is -0.418. The Balaban J connectivity index is 1.55. The van der Waals surface area contributed by atoms with E-state index in [1.165, 1.54) is 15.9 Å². The van der Waals surface area contributed by atoms with E-state index in [2.05, 4.69) is 5.32 Å². The van der Waals surface area contributed by atoms with Gasteiger partial charge in [-0.05, 0) is 53.3 Å². The number of nitrogens with zero attached hydrogens (tertiary/aromatic N) is 2. The molecule has 0 saturated carbocycles. The highest BCUT2D eigenvalue weighted by Gasteiger charge is 2.32. The Kier molecular flexibility index (Phi) is 5.64. The number of fused-ring (bicyclic) bond motifs is 1. The predicted octanol–water partition coefficient (Wildman–Crippen LogP) is 3.81. The van der Waals surface area contributed by atoms with Gasteiger partial charge < -0.3 is 10.2 Å². The number of carbonyl (C=O) groups excluding carboxylic acids is 1. The van der Waals surface area contributed by atoms with Crippen molar-refractivity contribution >= 4 is 38.6 Å². The molecule has 0 aliphatic carbocycles. The van der Waals surface area contributed by atoms with Crippen molar-refractivity contribution in [2.24, 2.45) is 0 Å². The van der Waals surface area contributed by atoms with Crippen LogP contribution in [0.3, 0.4) is 0 Å². The van der Waals surface area contributed by atoms with Crippen molar-refractivity contribution in [1.29, 1.82) is 0 Å². The minimum absolute atomic E-state index is 0.0642. The third kappa shape index (κ3) is 3.98. The molecule has 156 valence electrons. The maximum Gasteiger partial charge on any atom is 0.267 e. The van der Waals surface area contributed by atoms with E-state index in [0.29, 0.717) is 25.2 Å². The minimum Gasteiger partial charge on any atom is -0.378 e. The highest BCUT2D eigenvalue weighted by molar-refractivity contribution is 7.89. The van der Waals surface area contributed by atoms with Gasteiger partial charge in [0.25, 0.3) is 5.91 Å². The first-order valence-electron chi connectivity index (χ1n) is 9.59. The van der Waals surface area contributed by atoms with Gasteiger partial charge >= 0.3 is 0 Å². The molecule has 0 atom stereocenters. The molecule has 8 heteroatoms. The van der Waals surface area contributed by atoms with Gasteiger partial charge in [-0.2, -0.15) is 4.31 Å². The number of hydrogen-bond donors (Lipinski definition) is 1. The van der Waals surface area contributed by atoms with Crippen LogP contribution >= 0.6 is 11.3 Å². The molecule has 0 radical (unpaired) electrons. The summed E-state index contributed by atoms with van der Waals surface area (Å²) >= 11 is 1.14. The number of thiophene rings is 1. The summed E-state index contributed by atoms with van der Waals surface area (Å²) in [7, 11) is 0.109. The Morgan fingerprint density at radius 2 is 1.73 bits per heavy atom. The van der Waals surface area contributed by atoms with Gasteiger partial charge in [0.1, 0.15) is 9.77 Å². The summed E-state index contributed by atoms with van der Waals surface area (Å²) in [5, 5.41) is 4.46. The van der Waals surface area contributed by atoms with E-state index in [9.17, 15) is 13.2 Å². The Bertz CT molecular complexity index is 1170. The van der Waals surface area contributed by atoms with Crippen LogP contribution in [0, 0.1) is 0 Å². The molecule has 1 aliphatic rings. The molecule has 0 fully saturated rings. The average Bonchev–Trinajstić information content (AvgIpc) is 3.25. The first-order valence-corrected chi connectivity index (χ1v) is 11.9. The van der Waals surface area contributed by atoms with Crippen molar-refractivity contribution in [2.45, 2.75) is 17.9 Å². The molecular weight excluding hydrogens is 418 g/mol. The molecule has 0 spiro atoms. The third-order valence-corrected chi connectivity index (χ3v) is 8.12. The fourth-order valence-corrected chi connectivity index (χ4v) is 6.23. The van der Waals surface area contributed by atoms with Gasteiger partial charge in [-0.1, -0.05) is 24.3 Å². The number of anilines is 2. The molecule has 0 saturated heterocycles. The molecule has 1 aliphatic heterocycles. The Morgan fingerprint density at radius 3 is 2.43 bits per heavy atom. The lowest BCUT2D eigenvalue weighted by Gasteiger charge is -2.28. The van der Waals surface area contributed by atoms with Crippen molar-refractivity contribution < 1.29 is 13.2 Å². The van der Waals surface area contributed by atoms with Crippen LogP contribution in [-0.4, -0.2) is 39.3 Å². The molecule has 0 bridgehead atoms. The molecule has 1 aromatic heterocycles. The maximum atomic E-state index is 13.3. The molecule has 2 aromatic carbocycles. The second kappa shape index (κ2) is 8.22. The number of nitrogens with one attached hydrogen (secondary N) is 1. The van der Waals surface area contributed by atoms with Crippen LogP contribution in [0.4, 0.5) is 11.4 Å². The second-order valence-electron chi connectivity index (χ2n) is 7.37. The van der Waals surface area contributed by atoms with Crippen LogP contribution in [0.2, 0.25) is 0 Å². The topological polar surface area (TPSA) is 69.7 Å². The minimum atomic E-state index is -3.77. The van der Waals surface area contributed by atoms with Crippen LogP contribution in [0.1, 0.15) is 20.8 Å². The fourth-order valence-electron chi connectivity index (χ4n) is 3.51. The average molecular weight is 442 g/mol. The van der Waals surface area contributed by atoms with Crippen molar-refractivity contribution in [1.82, 2.24) is 4.31 Å². The lowest BCUT2D eigenvalue weighted by Crippen LogP contribution is -2.36. The van der Waals surface area contributed by atoms with E-state index in [1.54, 1.807) is 17.5 Å². The third-order valence-electron chi connectivity index (χ3n) is 5.19. The summed E-state index contributed by atoms with van der Waals surface area (Å²) in [6.07, 6.45) is 0.666. The second-order valence-corrected chi connectivity index (χ2v) is 10.2. The molecule has 3 aromatic rings. The number of hydrogen-bond acceptors (Lipinski definition) is 5. The first kappa shape index (κ1) is 20.6. The van der Waals surface area contributed by atoms with E-state index in [0.717, 1.165) is 22.6 Å². The summed E-state index contributed by atoms with van der Waals surface area (Å²) in [4.78, 5) is 15.1. The van der Waals surface area contributed by atoms with Gasteiger partial charge in [-0.3, -0.25) is 4.79 Å². The number of carbonyl (C=O) groups is 1. The van der Waals surface area contributed by atoms with E-state index < -0.39 is 15.9 Å². The Hall–Kier alpha value is -2.68. The number of amides is 1. The lowest BCUT2D eigenvalue weighted by molar-refractivity contribution is 0.102. The van der Waals surface area contributed by atoms with E-state index in [-0.39, 0.29) is 9.77 Å². The molecule has 0 unspecified atom stereocenters. The van der Waals surface area contributed by atoms with E-state index in [1.807, 2.05) is 55.4 Å². The Labute approximate surface area is 180 Å². The Morgan fingerprint density at radius 1 is 1.03 bits per heavy atom. The molecule has 30 heavy (non-hydrogen) atoms. The zero-order chi connectivity index (χ0) is 21.3. The van der Waals surface area contributed by atoms with Gasteiger partial charge in [0.15, 0.2) is 0 Å². The van der Waals surface area contributed by atoms with Crippen molar-refractivity contribution in [3.8, 4) is 0 Å². The summed E-state index contributed by atoms with van der Waals surface area (Å²) in [5.41, 5.74) is 3.81. The summed E-state index contributed by atoms with van der Waals surface area (Å²) in [6.45, 7) is 0.726. The van der Waals surface area contributed by atoms with Gasteiger partial charge in [0, 0.05) is 38.6 Å². The highest BCUT2D eigenvalue weighted by atomic mass is 32.2. The van der Waals surface area contributed by atoms with Crippen LogP contribution in [-0.2, 0) is 23.0 Å². The number of benzene rings is 2.